The van der Waals surface area contributed by atoms with Crippen molar-refractivity contribution >= 4 is 0 Å². The van der Waals surface area contributed by atoms with Gasteiger partial charge in [-0.3, -0.25) is 0 Å². The molecule has 1 rings (SSSR count). The Hall–Kier alpha value is -1.05. The maximum atomic E-state index is 5.52. The van der Waals surface area contributed by atoms with E-state index in [1.165, 1.54) is 19.3 Å². The molecule has 0 unspecified atom stereocenters. The van der Waals surface area contributed by atoms with Gasteiger partial charge >= 0.3 is 0 Å². The zero-order chi connectivity index (χ0) is 10.2. The summed E-state index contributed by atoms with van der Waals surface area (Å²) < 4.78 is 5.52. The van der Waals surface area contributed by atoms with Crippen LogP contribution in [-0.4, -0.2) is 11.6 Å². The minimum absolute atomic E-state index is 0.751. The predicted molar refractivity (Wildman–Crippen MR) is 58.6 cm³/mol. The quantitative estimate of drug-likeness (QED) is 0.646. The zero-order valence-corrected chi connectivity index (χ0v) is 9.12. The first-order valence-electron chi connectivity index (χ1n) is 5.39. The molecule has 0 aliphatic rings. The summed E-state index contributed by atoms with van der Waals surface area (Å²) in [6, 6.07) is 5.86. The Kier molecular flexibility index (Phi) is 5.05. The molecule has 1 heterocycles. The third-order valence-electron chi connectivity index (χ3n) is 2.11. The molecule has 0 N–H and O–H groups in total. The SMILES string of the molecule is CCCCCCOc1cccc(C)n1. The zero-order valence-electron chi connectivity index (χ0n) is 9.12. The Labute approximate surface area is 86.3 Å². The minimum Gasteiger partial charge on any atom is -0.478 e. The van der Waals surface area contributed by atoms with Crippen molar-refractivity contribution in [2.24, 2.45) is 0 Å². The largest absolute Gasteiger partial charge is 0.478 e. The van der Waals surface area contributed by atoms with E-state index in [1.807, 2.05) is 25.1 Å². The number of aromatic nitrogens is 1. The number of nitrogens with zero attached hydrogens (tertiary/aromatic N) is 1. The number of aryl methyl sites for hydroxylation is 1. The van der Waals surface area contributed by atoms with E-state index in [0.29, 0.717) is 0 Å². The molecular formula is C12H19NO. The van der Waals surface area contributed by atoms with Gasteiger partial charge in [0.15, 0.2) is 0 Å². The highest BCUT2D eigenvalue weighted by atomic mass is 16.5. The third kappa shape index (κ3) is 4.26. The lowest BCUT2D eigenvalue weighted by molar-refractivity contribution is 0.293. The molecule has 0 saturated carbocycles. The molecule has 0 aliphatic heterocycles. The van der Waals surface area contributed by atoms with Crippen molar-refractivity contribution in [3.8, 4) is 5.88 Å². The summed E-state index contributed by atoms with van der Waals surface area (Å²) >= 11 is 0. The van der Waals surface area contributed by atoms with Crippen molar-refractivity contribution in [1.82, 2.24) is 4.98 Å². The Bertz CT molecular complexity index is 260. The third-order valence-corrected chi connectivity index (χ3v) is 2.11. The standard InChI is InChI=1S/C12H19NO/c1-3-4-5-6-10-14-12-9-7-8-11(2)13-12/h7-9H,3-6,10H2,1-2H3. The van der Waals surface area contributed by atoms with Crippen molar-refractivity contribution in [3.63, 3.8) is 0 Å². The first-order valence-corrected chi connectivity index (χ1v) is 5.39. The lowest BCUT2D eigenvalue weighted by Gasteiger charge is -2.04. The van der Waals surface area contributed by atoms with Gasteiger partial charge in [0.25, 0.3) is 0 Å². The lowest BCUT2D eigenvalue weighted by Crippen LogP contribution is -1.99. The Morgan fingerprint density at radius 2 is 2.07 bits per heavy atom. The molecule has 14 heavy (non-hydrogen) atoms. The molecule has 0 fully saturated rings. The van der Waals surface area contributed by atoms with Crippen LogP contribution in [0.2, 0.25) is 0 Å². The Morgan fingerprint density at radius 1 is 1.21 bits per heavy atom. The van der Waals surface area contributed by atoms with Crippen LogP contribution < -0.4 is 4.74 Å². The van der Waals surface area contributed by atoms with Gasteiger partial charge in [-0.1, -0.05) is 32.3 Å². The maximum absolute atomic E-state index is 5.52. The van der Waals surface area contributed by atoms with Crippen LogP contribution in [0.4, 0.5) is 0 Å². The second-order valence-corrected chi connectivity index (χ2v) is 3.53. The van der Waals surface area contributed by atoms with Gasteiger partial charge in [0, 0.05) is 11.8 Å². The van der Waals surface area contributed by atoms with Crippen LogP contribution in [0, 0.1) is 6.92 Å². The monoisotopic (exact) mass is 193 g/mol. The van der Waals surface area contributed by atoms with Crippen LogP contribution in [0.1, 0.15) is 38.3 Å². The molecule has 0 spiro atoms. The van der Waals surface area contributed by atoms with Gasteiger partial charge in [0.2, 0.25) is 5.88 Å². The number of ether oxygens (including phenoxy) is 1. The van der Waals surface area contributed by atoms with E-state index < -0.39 is 0 Å². The average Bonchev–Trinajstić information content (AvgIpc) is 2.18. The van der Waals surface area contributed by atoms with Crippen molar-refractivity contribution in [3.05, 3.63) is 23.9 Å². The summed E-state index contributed by atoms with van der Waals surface area (Å²) in [5, 5.41) is 0. The predicted octanol–water partition coefficient (Wildman–Crippen LogP) is 3.35. The molecule has 78 valence electrons. The summed E-state index contributed by atoms with van der Waals surface area (Å²) in [4.78, 5) is 4.27. The molecule has 2 heteroatoms. The van der Waals surface area contributed by atoms with E-state index in [-0.39, 0.29) is 0 Å². The minimum atomic E-state index is 0.751. The molecule has 0 atom stereocenters. The maximum Gasteiger partial charge on any atom is 0.213 e. The van der Waals surface area contributed by atoms with Gasteiger partial charge < -0.3 is 4.74 Å². The molecule has 0 amide bonds. The first kappa shape index (κ1) is 11.0. The van der Waals surface area contributed by atoms with Crippen LogP contribution in [0.15, 0.2) is 18.2 Å². The van der Waals surface area contributed by atoms with Crippen molar-refractivity contribution in [2.45, 2.75) is 39.5 Å². The molecule has 1 aromatic rings. The van der Waals surface area contributed by atoms with E-state index in [2.05, 4.69) is 11.9 Å². The van der Waals surface area contributed by atoms with Gasteiger partial charge in [-0.2, -0.15) is 0 Å². The van der Waals surface area contributed by atoms with Crippen LogP contribution in [0.3, 0.4) is 0 Å². The van der Waals surface area contributed by atoms with Crippen LogP contribution >= 0.6 is 0 Å². The molecular weight excluding hydrogens is 174 g/mol. The fraction of sp³-hybridized carbons (Fsp3) is 0.583. The highest BCUT2D eigenvalue weighted by molar-refractivity contribution is 5.14. The van der Waals surface area contributed by atoms with Crippen LogP contribution in [0.5, 0.6) is 5.88 Å². The normalized spacial score (nSPS) is 10.1. The van der Waals surface area contributed by atoms with Crippen molar-refractivity contribution in [2.75, 3.05) is 6.61 Å². The van der Waals surface area contributed by atoms with Crippen molar-refractivity contribution < 1.29 is 4.74 Å². The highest BCUT2D eigenvalue weighted by Gasteiger charge is 1.94. The average molecular weight is 193 g/mol. The molecule has 0 saturated heterocycles. The van der Waals surface area contributed by atoms with Crippen molar-refractivity contribution in [1.29, 1.82) is 0 Å². The molecule has 2 nitrogen and oxygen atoms in total. The van der Waals surface area contributed by atoms with Gasteiger partial charge in [0.1, 0.15) is 0 Å². The van der Waals surface area contributed by atoms with Gasteiger partial charge in [-0.05, 0) is 19.4 Å². The Morgan fingerprint density at radius 3 is 2.79 bits per heavy atom. The van der Waals surface area contributed by atoms with E-state index in [4.69, 9.17) is 4.74 Å². The van der Waals surface area contributed by atoms with Crippen LogP contribution in [0.25, 0.3) is 0 Å². The smallest absolute Gasteiger partial charge is 0.213 e. The number of pyridine rings is 1. The second kappa shape index (κ2) is 6.41. The fourth-order valence-corrected chi connectivity index (χ4v) is 1.30. The summed E-state index contributed by atoms with van der Waals surface area (Å²) in [6.07, 6.45) is 4.94. The van der Waals surface area contributed by atoms with Crippen LogP contribution in [-0.2, 0) is 0 Å². The topological polar surface area (TPSA) is 22.1 Å². The molecule has 0 bridgehead atoms. The van der Waals surface area contributed by atoms with Gasteiger partial charge in [-0.25, -0.2) is 4.98 Å². The van der Waals surface area contributed by atoms with E-state index >= 15 is 0 Å². The first-order chi connectivity index (χ1) is 6.83. The van der Waals surface area contributed by atoms with E-state index in [0.717, 1.165) is 24.6 Å². The van der Waals surface area contributed by atoms with Gasteiger partial charge in [-0.15, -0.1) is 0 Å². The molecule has 0 radical (unpaired) electrons. The number of unbranched alkanes of at least 4 members (excludes halogenated alkanes) is 3. The summed E-state index contributed by atoms with van der Waals surface area (Å²) in [7, 11) is 0. The number of hydrogen-bond donors (Lipinski definition) is 0. The number of hydrogen-bond acceptors (Lipinski definition) is 2. The van der Waals surface area contributed by atoms with Gasteiger partial charge in [0.05, 0.1) is 6.61 Å². The highest BCUT2D eigenvalue weighted by Crippen LogP contribution is 2.08. The summed E-state index contributed by atoms with van der Waals surface area (Å²) in [5.74, 6) is 0.751. The molecule has 0 aromatic carbocycles. The molecule has 1 aromatic heterocycles. The molecule has 0 aliphatic carbocycles. The van der Waals surface area contributed by atoms with E-state index in [9.17, 15) is 0 Å². The van der Waals surface area contributed by atoms with E-state index in [1.54, 1.807) is 0 Å². The summed E-state index contributed by atoms with van der Waals surface area (Å²) in [6.45, 7) is 4.98. The lowest BCUT2D eigenvalue weighted by atomic mass is 10.2. The summed E-state index contributed by atoms with van der Waals surface area (Å²) in [5.41, 5.74) is 1.01. The fourth-order valence-electron chi connectivity index (χ4n) is 1.30. The number of rotatable bonds is 6. The Balaban J connectivity index is 2.18. The second-order valence-electron chi connectivity index (χ2n) is 3.53.